The third-order valence-electron chi connectivity index (χ3n) is 4.76. The van der Waals surface area contributed by atoms with E-state index < -0.39 is 0 Å². The fourth-order valence-corrected chi connectivity index (χ4v) is 4.09. The second-order valence-corrected chi connectivity index (χ2v) is 7.45. The average molecular weight is 396 g/mol. The lowest BCUT2D eigenvalue weighted by Crippen LogP contribution is -2.46. The van der Waals surface area contributed by atoms with Crippen molar-refractivity contribution in [3.8, 4) is 0 Å². The number of thiazole rings is 1. The van der Waals surface area contributed by atoms with Gasteiger partial charge in [-0.3, -0.25) is 4.79 Å². The van der Waals surface area contributed by atoms with Crippen LogP contribution in [0.15, 0.2) is 60.0 Å². The minimum absolute atomic E-state index is 0.170. The van der Waals surface area contributed by atoms with Crippen LogP contribution in [0.1, 0.15) is 16.1 Å². The van der Waals surface area contributed by atoms with E-state index in [0.29, 0.717) is 17.9 Å². The van der Waals surface area contributed by atoms with Crippen LogP contribution in [0.2, 0.25) is 0 Å². The molecule has 0 radical (unpaired) electrons. The van der Waals surface area contributed by atoms with Gasteiger partial charge in [0.25, 0.3) is 5.91 Å². The fraction of sp³-hybridized carbons (Fsp3) is 0.238. The minimum Gasteiger partial charge on any atom is -0.366 e. The van der Waals surface area contributed by atoms with Crippen LogP contribution >= 0.6 is 11.3 Å². The number of nitrogens with one attached hydrogen (secondary N) is 1. The zero-order valence-corrected chi connectivity index (χ0v) is 16.2. The molecule has 0 saturated carbocycles. The number of rotatable bonds is 5. The van der Waals surface area contributed by atoms with Crippen LogP contribution < -0.4 is 15.1 Å². The minimum atomic E-state index is -0.192. The van der Waals surface area contributed by atoms with Crippen LogP contribution in [0.25, 0.3) is 0 Å². The summed E-state index contributed by atoms with van der Waals surface area (Å²) in [7, 11) is 0. The van der Waals surface area contributed by atoms with E-state index in [1.165, 1.54) is 17.4 Å². The molecule has 28 heavy (non-hydrogen) atoms. The van der Waals surface area contributed by atoms with Crippen molar-refractivity contribution < 1.29 is 9.18 Å². The van der Waals surface area contributed by atoms with E-state index in [1.807, 2.05) is 47.4 Å². The molecular formula is C21H21FN4OS. The molecule has 1 aliphatic rings. The molecule has 144 valence electrons. The van der Waals surface area contributed by atoms with Crippen molar-refractivity contribution in [3.63, 3.8) is 0 Å². The number of aromatic nitrogens is 1. The Bertz CT molecular complexity index is 938. The number of hydrogen-bond acceptors (Lipinski definition) is 5. The molecular weight excluding hydrogens is 375 g/mol. The van der Waals surface area contributed by atoms with Crippen molar-refractivity contribution in [3.05, 3.63) is 77.1 Å². The van der Waals surface area contributed by atoms with E-state index in [1.54, 1.807) is 11.4 Å². The quantitative estimate of drug-likeness (QED) is 0.717. The van der Waals surface area contributed by atoms with Gasteiger partial charge in [0, 0.05) is 38.1 Å². The number of anilines is 2. The highest BCUT2D eigenvalue weighted by molar-refractivity contribution is 7.13. The Morgan fingerprint density at radius 2 is 1.68 bits per heavy atom. The number of halogens is 1. The van der Waals surface area contributed by atoms with E-state index in [-0.39, 0.29) is 11.7 Å². The van der Waals surface area contributed by atoms with Gasteiger partial charge in [0.1, 0.15) is 11.5 Å². The maximum Gasteiger partial charge on any atom is 0.271 e. The smallest absolute Gasteiger partial charge is 0.271 e. The van der Waals surface area contributed by atoms with Crippen LogP contribution in [-0.2, 0) is 6.54 Å². The molecule has 1 amide bonds. The summed E-state index contributed by atoms with van der Waals surface area (Å²) in [6, 6.07) is 16.6. The third kappa shape index (κ3) is 4.14. The molecule has 0 unspecified atom stereocenters. The average Bonchev–Trinajstić information content (AvgIpc) is 3.24. The first-order valence-corrected chi connectivity index (χ1v) is 10.1. The summed E-state index contributed by atoms with van der Waals surface area (Å²) in [5.41, 5.74) is 2.13. The van der Waals surface area contributed by atoms with Gasteiger partial charge >= 0.3 is 0 Å². The number of piperazine rings is 1. The summed E-state index contributed by atoms with van der Waals surface area (Å²) in [6.07, 6.45) is 0. The predicted molar refractivity (Wildman–Crippen MR) is 111 cm³/mol. The number of amides is 1. The SMILES string of the molecule is O=C(NCc1ccccc1)c1csc(N2CCN(c3ccccc3F)CC2)n1. The van der Waals surface area contributed by atoms with E-state index in [4.69, 9.17) is 0 Å². The molecule has 2 aromatic carbocycles. The van der Waals surface area contributed by atoms with Gasteiger partial charge in [0.15, 0.2) is 5.13 Å². The van der Waals surface area contributed by atoms with Gasteiger partial charge in [0.05, 0.1) is 5.69 Å². The Morgan fingerprint density at radius 1 is 1.00 bits per heavy atom. The van der Waals surface area contributed by atoms with Gasteiger partial charge in [-0.1, -0.05) is 42.5 Å². The third-order valence-corrected chi connectivity index (χ3v) is 5.67. The lowest BCUT2D eigenvalue weighted by Gasteiger charge is -2.36. The first kappa shape index (κ1) is 18.4. The van der Waals surface area contributed by atoms with E-state index in [0.717, 1.165) is 36.9 Å². The fourth-order valence-electron chi connectivity index (χ4n) is 3.23. The van der Waals surface area contributed by atoms with E-state index >= 15 is 0 Å². The Hall–Kier alpha value is -2.93. The monoisotopic (exact) mass is 396 g/mol. The number of nitrogens with zero attached hydrogens (tertiary/aromatic N) is 3. The van der Waals surface area contributed by atoms with Crippen LogP contribution in [0.5, 0.6) is 0 Å². The zero-order valence-electron chi connectivity index (χ0n) is 15.3. The summed E-state index contributed by atoms with van der Waals surface area (Å²) < 4.78 is 14.0. The Morgan fingerprint density at radius 3 is 2.43 bits per heavy atom. The van der Waals surface area contributed by atoms with Gasteiger partial charge in [-0.05, 0) is 17.7 Å². The van der Waals surface area contributed by atoms with E-state index in [2.05, 4.69) is 15.2 Å². The normalized spacial score (nSPS) is 14.2. The highest BCUT2D eigenvalue weighted by Gasteiger charge is 2.22. The largest absolute Gasteiger partial charge is 0.366 e. The van der Waals surface area contributed by atoms with Gasteiger partial charge < -0.3 is 15.1 Å². The van der Waals surface area contributed by atoms with Gasteiger partial charge in [-0.25, -0.2) is 9.37 Å². The molecule has 2 heterocycles. The second-order valence-electron chi connectivity index (χ2n) is 6.61. The van der Waals surface area contributed by atoms with Gasteiger partial charge in [0.2, 0.25) is 0 Å². The predicted octanol–water partition coefficient (Wildman–Crippen LogP) is 3.54. The second kappa shape index (κ2) is 8.39. The number of benzene rings is 2. The van der Waals surface area contributed by atoms with Crippen molar-refractivity contribution in [1.29, 1.82) is 0 Å². The summed E-state index contributed by atoms with van der Waals surface area (Å²) >= 11 is 1.47. The van der Waals surface area contributed by atoms with Crippen LogP contribution in [0.3, 0.4) is 0 Å². The topological polar surface area (TPSA) is 48.5 Å². The Balaban J connectivity index is 1.33. The molecule has 1 aliphatic heterocycles. The summed E-state index contributed by atoms with van der Waals surface area (Å²) in [5.74, 6) is -0.362. The van der Waals surface area contributed by atoms with Crippen molar-refractivity contribution in [2.75, 3.05) is 36.0 Å². The van der Waals surface area contributed by atoms with Crippen molar-refractivity contribution in [1.82, 2.24) is 10.3 Å². The van der Waals surface area contributed by atoms with Crippen LogP contribution in [-0.4, -0.2) is 37.1 Å². The highest BCUT2D eigenvalue weighted by Crippen LogP contribution is 2.25. The molecule has 1 fully saturated rings. The molecule has 1 N–H and O–H groups in total. The molecule has 0 atom stereocenters. The molecule has 0 bridgehead atoms. The van der Waals surface area contributed by atoms with Gasteiger partial charge in [-0.15, -0.1) is 11.3 Å². The summed E-state index contributed by atoms with van der Waals surface area (Å²) in [4.78, 5) is 21.1. The molecule has 5 nitrogen and oxygen atoms in total. The molecule has 0 aliphatic carbocycles. The molecule has 3 aromatic rings. The highest BCUT2D eigenvalue weighted by atomic mass is 32.1. The van der Waals surface area contributed by atoms with Crippen LogP contribution in [0.4, 0.5) is 15.2 Å². The van der Waals surface area contributed by atoms with Gasteiger partial charge in [-0.2, -0.15) is 0 Å². The molecule has 7 heteroatoms. The van der Waals surface area contributed by atoms with Crippen molar-refractivity contribution >= 4 is 28.1 Å². The molecule has 1 saturated heterocycles. The maximum absolute atomic E-state index is 14.0. The zero-order chi connectivity index (χ0) is 19.3. The van der Waals surface area contributed by atoms with Crippen molar-refractivity contribution in [2.45, 2.75) is 6.54 Å². The summed E-state index contributed by atoms with van der Waals surface area (Å²) in [6.45, 7) is 3.40. The molecule has 0 spiro atoms. The lowest BCUT2D eigenvalue weighted by molar-refractivity contribution is 0.0946. The van der Waals surface area contributed by atoms with Crippen LogP contribution in [0, 0.1) is 5.82 Å². The van der Waals surface area contributed by atoms with Crippen molar-refractivity contribution in [2.24, 2.45) is 0 Å². The standard InChI is InChI=1S/C21H21FN4OS/c22-17-8-4-5-9-19(17)25-10-12-26(13-11-25)21-24-18(15-28-21)20(27)23-14-16-6-2-1-3-7-16/h1-9,15H,10-14H2,(H,23,27). The number of carbonyl (C=O) groups is 1. The molecule has 4 rings (SSSR count). The molecule has 1 aromatic heterocycles. The number of carbonyl (C=O) groups excluding carboxylic acids is 1. The number of hydrogen-bond donors (Lipinski definition) is 1. The Kier molecular flexibility index (Phi) is 5.53. The summed E-state index contributed by atoms with van der Waals surface area (Å²) in [5, 5.41) is 5.53. The maximum atomic E-state index is 14.0. The first-order chi connectivity index (χ1) is 13.7. The van der Waals surface area contributed by atoms with E-state index in [9.17, 15) is 9.18 Å². The Labute approximate surface area is 167 Å². The lowest BCUT2D eigenvalue weighted by atomic mass is 10.2. The first-order valence-electron chi connectivity index (χ1n) is 9.23. The number of para-hydroxylation sites is 1.